The molecule has 0 atom stereocenters. The summed E-state index contributed by atoms with van der Waals surface area (Å²) in [6.07, 6.45) is 3.00. The van der Waals surface area contributed by atoms with Gasteiger partial charge in [0.1, 0.15) is 12.2 Å². The van der Waals surface area contributed by atoms with E-state index in [2.05, 4.69) is 34.3 Å². The van der Waals surface area contributed by atoms with Crippen LogP contribution in [-0.4, -0.2) is 38.7 Å². The fraction of sp³-hybridized carbons (Fsp3) is 0.308. The number of piperidine rings is 1. The lowest BCUT2D eigenvalue weighted by molar-refractivity contribution is -0.133. The van der Waals surface area contributed by atoms with Crippen LogP contribution in [0.4, 0.5) is 0 Å². The molecule has 7 heteroatoms. The number of rotatable bonds is 5. The Morgan fingerprint density at radius 1 is 1.03 bits per heavy atom. The number of aromatic nitrogens is 3. The Hall–Kier alpha value is -3.32. The number of carbonyl (C=O) groups is 1. The summed E-state index contributed by atoms with van der Waals surface area (Å²) in [6.45, 7) is 3.26. The molecule has 2 aromatic heterocycles. The normalized spacial score (nSPS) is 14.6. The van der Waals surface area contributed by atoms with E-state index < -0.39 is 0 Å². The van der Waals surface area contributed by atoms with Crippen molar-refractivity contribution in [3.63, 3.8) is 0 Å². The molecule has 5 rings (SSSR count). The van der Waals surface area contributed by atoms with Gasteiger partial charge in [0.25, 0.3) is 5.56 Å². The Morgan fingerprint density at radius 3 is 2.39 bits per heavy atom. The van der Waals surface area contributed by atoms with Crippen LogP contribution in [0.5, 0.6) is 0 Å². The quantitative estimate of drug-likeness (QED) is 0.447. The Kier molecular flexibility index (Phi) is 6.05. The van der Waals surface area contributed by atoms with E-state index in [1.165, 1.54) is 21.6 Å². The second-order valence-corrected chi connectivity index (χ2v) is 9.81. The summed E-state index contributed by atoms with van der Waals surface area (Å²) in [6, 6.07) is 20.3. The Bertz CT molecular complexity index is 1320. The predicted octanol–water partition coefficient (Wildman–Crippen LogP) is 4.31. The number of amides is 1. The largest absolute Gasteiger partial charge is 0.341 e. The Morgan fingerprint density at radius 2 is 1.70 bits per heavy atom. The van der Waals surface area contributed by atoms with Crippen molar-refractivity contribution in [2.75, 3.05) is 13.1 Å². The van der Waals surface area contributed by atoms with Gasteiger partial charge in [-0.15, -0.1) is 11.3 Å². The second kappa shape index (κ2) is 9.27. The molecule has 1 saturated heterocycles. The third-order valence-electron chi connectivity index (χ3n) is 6.27. The number of aryl methyl sites for hydroxylation is 1. The highest BCUT2D eigenvalue weighted by molar-refractivity contribution is 7.19. The SMILES string of the molecule is Cc1nc2c(=O)n(CC(=O)N3CCC(Cc4ccccc4)CC3)nc(-c3ccccc3)c2s1. The summed E-state index contributed by atoms with van der Waals surface area (Å²) in [5.41, 5.74) is 3.04. The first kappa shape index (κ1) is 21.5. The molecule has 1 aliphatic rings. The van der Waals surface area contributed by atoms with Gasteiger partial charge in [-0.1, -0.05) is 60.7 Å². The zero-order chi connectivity index (χ0) is 22.8. The molecule has 33 heavy (non-hydrogen) atoms. The number of thiazole rings is 1. The molecule has 0 saturated carbocycles. The molecule has 1 fully saturated rings. The summed E-state index contributed by atoms with van der Waals surface area (Å²) in [5.74, 6) is 0.518. The highest BCUT2D eigenvalue weighted by Gasteiger charge is 2.25. The molecule has 4 aromatic rings. The van der Waals surface area contributed by atoms with Gasteiger partial charge in [-0.2, -0.15) is 5.10 Å². The topological polar surface area (TPSA) is 68.1 Å². The molecule has 0 radical (unpaired) electrons. The van der Waals surface area contributed by atoms with Gasteiger partial charge in [0.2, 0.25) is 5.91 Å². The van der Waals surface area contributed by atoms with Gasteiger partial charge in [0.05, 0.1) is 9.71 Å². The molecular formula is C26H26N4O2S. The van der Waals surface area contributed by atoms with E-state index in [9.17, 15) is 9.59 Å². The van der Waals surface area contributed by atoms with Crippen LogP contribution in [0.3, 0.4) is 0 Å². The lowest BCUT2D eigenvalue weighted by Crippen LogP contribution is -2.42. The first-order valence-corrected chi connectivity index (χ1v) is 12.2. The predicted molar refractivity (Wildman–Crippen MR) is 131 cm³/mol. The van der Waals surface area contributed by atoms with Crippen LogP contribution in [0.15, 0.2) is 65.5 Å². The molecule has 3 heterocycles. The molecule has 2 aromatic carbocycles. The Balaban J connectivity index is 1.34. The summed E-state index contributed by atoms with van der Waals surface area (Å²) < 4.78 is 2.07. The number of likely N-dealkylation sites (tertiary alicyclic amines) is 1. The molecule has 6 nitrogen and oxygen atoms in total. The van der Waals surface area contributed by atoms with Gasteiger partial charge in [0, 0.05) is 18.7 Å². The van der Waals surface area contributed by atoms with Gasteiger partial charge < -0.3 is 4.90 Å². The minimum atomic E-state index is -0.304. The summed E-state index contributed by atoms with van der Waals surface area (Å²) in [4.78, 5) is 32.5. The lowest BCUT2D eigenvalue weighted by atomic mass is 9.90. The smallest absolute Gasteiger partial charge is 0.294 e. The molecule has 168 valence electrons. The van der Waals surface area contributed by atoms with Gasteiger partial charge >= 0.3 is 0 Å². The van der Waals surface area contributed by atoms with Crippen LogP contribution in [0, 0.1) is 12.8 Å². The van der Waals surface area contributed by atoms with Gasteiger partial charge in [-0.3, -0.25) is 9.59 Å². The molecule has 0 bridgehead atoms. The minimum Gasteiger partial charge on any atom is -0.341 e. The molecule has 1 amide bonds. The van der Waals surface area contributed by atoms with Gasteiger partial charge in [-0.25, -0.2) is 9.67 Å². The number of benzene rings is 2. The van der Waals surface area contributed by atoms with Crippen LogP contribution in [0.25, 0.3) is 21.5 Å². The maximum absolute atomic E-state index is 13.1. The number of fused-ring (bicyclic) bond motifs is 1. The van der Waals surface area contributed by atoms with E-state index in [0.29, 0.717) is 30.2 Å². The molecule has 0 spiro atoms. The third kappa shape index (κ3) is 4.59. The molecular weight excluding hydrogens is 432 g/mol. The van der Waals surface area contributed by atoms with E-state index in [-0.39, 0.29) is 18.0 Å². The zero-order valence-electron chi connectivity index (χ0n) is 18.6. The second-order valence-electron chi connectivity index (χ2n) is 8.60. The van der Waals surface area contributed by atoms with Gasteiger partial charge in [-0.05, 0) is 37.7 Å². The van der Waals surface area contributed by atoms with Crippen molar-refractivity contribution >= 4 is 27.5 Å². The highest BCUT2D eigenvalue weighted by atomic mass is 32.1. The number of nitrogens with zero attached hydrogens (tertiary/aromatic N) is 4. The zero-order valence-corrected chi connectivity index (χ0v) is 19.4. The maximum atomic E-state index is 13.1. The first-order chi connectivity index (χ1) is 16.1. The van der Waals surface area contributed by atoms with Crippen molar-refractivity contribution in [3.05, 3.63) is 81.6 Å². The van der Waals surface area contributed by atoms with E-state index >= 15 is 0 Å². The number of carbonyl (C=O) groups excluding carboxylic acids is 1. The third-order valence-corrected chi connectivity index (χ3v) is 7.25. The van der Waals surface area contributed by atoms with Crippen LogP contribution in [0.2, 0.25) is 0 Å². The lowest BCUT2D eigenvalue weighted by Gasteiger charge is -2.32. The molecule has 1 aliphatic heterocycles. The minimum absolute atomic E-state index is 0.0610. The van der Waals surface area contributed by atoms with Crippen LogP contribution >= 0.6 is 11.3 Å². The fourth-order valence-corrected chi connectivity index (χ4v) is 5.44. The van der Waals surface area contributed by atoms with Crippen molar-refractivity contribution < 1.29 is 4.79 Å². The number of hydrogen-bond donors (Lipinski definition) is 0. The monoisotopic (exact) mass is 458 g/mol. The van der Waals surface area contributed by atoms with Crippen LogP contribution < -0.4 is 5.56 Å². The van der Waals surface area contributed by atoms with Crippen LogP contribution in [0.1, 0.15) is 23.4 Å². The van der Waals surface area contributed by atoms with Crippen molar-refractivity contribution in [1.82, 2.24) is 19.7 Å². The first-order valence-electron chi connectivity index (χ1n) is 11.3. The summed E-state index contributed by atoms with van der Waals surface area (Å²) >= 11 is 1.46. The van der Waals surface area contributed by atoms with E-state index in [0.717, 1.165) is 34.5 Å². The highest BCUT2D eigenvalue weighted by Crippen LogP contribution is 2.29. The average molecular weight is 459 g/mol. The average Bonchev–Trinajstić information content (AvgIpc) is 3.24. The maximum Gasteiger partial charge on any atom is 0.294 e. The van der Waals surface area contributed by atoms with Crippen LogP contribution in [-0.2, 0) is 17.8 Å². The van der Waals surface area contributed by atoms with E-state index in [1.807, 2.05) is 48.2 Å². The van der Waals surface area contributed by atoms with Crippen molar-refractivity contribution in [1.29, 1.82) is 0 Å². The molecule has 0 N–H and O–H groups in total. The van der Waals surface area contributed by atoms with Crippen molar-refractivity contribution in [2.24, 2.45) is 5.92 Å². The van der Waals surface area contributed by atoms with Crippen molar-refractivity contribution in [3.8, 4) is 11.3 Å². The summed E-state index contributed by atoms with van der Waals surface area (Å²) in [5, 5.41) is 5.43. The molecule has 0 unspecified atom stereocenters. The van der Waals surface area contributed by atoms with E-state index in [1.54, 1.807) is 0 Å². The number of hydrogen-bond acceptors (Lipinski definition) is 5. The summed E-state index contributed by atoms with van der Waals surface area (Å²) in [7, 11) is 0. The van der Waals surface area contributed by atoms with Crippen molar-refractivity contribution in [2.45, 2.75) is 32.7 Å². The Labute approximate surface area is 196 Å². The standard InChI is InChI=1S/C26H26N4O2S/c1-18-27-24-25(33-18)23(21-10-6-3-7-11-21)28-30(26(24)32)17-22(31)29-14-12-20(13-15-29)16-19-8-4-2-5-9-19/h2-11,20H,12-17H2,1H3. The van der Waals surface area contributed by atoms with Gasteiger partial charge in [0.15, 0.2) is 5.52 Å². The van der Waals surface area contributed by atoms with E-state index in [4.69, 9.17) is 0 Å². The fourth-order valence-electron chi connectivity index (χ4n) is 4.52. The molecule has 0 aliphatic carbocycles.